The van der Waals surface area contributed by atoms with Crippen molar-refractivity contribution in [1.82, 2.24) is 9.88 Å². The Morgan fingerprint density at radius 1 is 1.28 bits per heavy atom. The largest absolute Gasteiger partial charge is 0.324 e. The van der Waals surface area contributed by atoms with E-state index in [0.29, 0.717) is 31.1 Å². The molecule has 0 radical (unpaired) electrons. The number of nitrogens with one attached hydrogen (secondary N) is 1. The molecule has 2 amide bonds. The van der Waals surface area contributed by atoms with E-state index >= 15 is 0 Å². The second kappa shape index (κ2) is 7.53. The molecule has 0 unspecified atom stereocenters. The molecule has 1 aliphatic heterocycles. The van der Waals surface area contributed by atoms with Crippen LogP contribution in [0.5, 0.6) is 0 Å². The van der Waals surface area contributed by atoms with Gasteiger partial charge < -0.3 is 4.90 Å². The molecule has 6 nitrogen and oxygen atoms in total. The molecule has 134 valence electrons. The number of piperidine rings is 1. The lowest BCUT2D eigenvalue weighted by atomic mass is 10.1. The number of carbonyl (C=O) groups excluding carboxylic acids is 1. The molecule has 0 aliphatic carbocycles. The van der Waals surface area contributed by atoms with Gasteiger partial charge in [0, 0.05) is 18.5 Å². The van der Waals surface area contributed by atoms with Crippen molar-refractivity contribution >= 4 is 32.3 Å². The fourth-order valence-corrected chi connectivity index (χ4v) is 5.42. The molecule has 3 rings (SSSR count). The number of thiazole rings is 1. The number of urea groups is 1. The van der Waals surface area contributed by atoms with Crippen LogP contribution < -0.4 is 5.32 Å². The number of hydrogen-bond acceptors (Lipinski definition) is 5. The Hall–Kier alpha value is -1.93. The summed E-state index contributed by atoms with van der Waals surface area (Å²) in [6.07, 6.45) is 0.943. The molecule has 0 bridgehead atoms. The van der Waals surface area contributed by atoms with Gasteiger partial charge in [0.05, 0.1) is 16.7 Å². The fourth-order valence-electron chi connectivity index (χ4n) is 2.92. The average Bonchev–Trinajstić information content (AvgIpc) is 3.00. The van der Waals surface area contributed by atoms with Crippen LogP contribution >= 0.6 is 11.3 Å². The maximum Gasteiger partial charge on any atom is 0.323 e. The van der Waals surface area contributed by atoms with Crippen molar-refractivity contribution in [1.29, 1.82) is 0 Å². The summed E-state index contributed by atoms with van der Waals surface area (Å²) < 4.78 is 25.2. The van der Waals surface area contributed by atoms with Crippen LogP contribution in [0.15, 0.2) is 35.7 Å². The Morgan fingerprint density at radius 3 is 2.56 bits per heavy atom. The zero-order chi connectivity index (χ0) is 17.9. The molecule has 0 saturated carbocycles. The summed E-state index contributed by atoms with van der Waals surface area (Å²) in [4.78, 5) is 18.1. The third-order valence-corrected chi connectivity index (χ3v) is 7.38. The number of benzene rings is 1. The van der Waals surface area contributed by atoms with Gasteiger partial charge >= 0.3 is 6.03 Å². The van der Waals surface area contributed by atoms with Crippen molar-refractivity contribution in [3.8, 4) is 0 Å². The number of sulfone groups is 1. The maximum absolute atomic E-state index is 12.6. The number of carbonyl (C=O) groups is 1. The second-order valence-electron chi connectivity index (χ2n) is 6.20. The van der Waals surface area contributed by atoms with Crippen molar-refractivity contribution in [2.24, 2.45) is 0 Å². The number of likely N-dealkylation sites (tertiary alicyclic amines) is 1. The van der Waals surface area contributed by atoms with Crippen LogP contribution in [0.4, 0.5) is 9.93 Å². The molecule has 8 heteroatoms. The molecule has 1 N–H and O–H groups in total. The van der Waals surface area contributed by atoms with E-state index in [2.05, 4.69) is 10.3 Å². The zero-order valence-corrected chi connectivity index (χ0v) is 15.6. The minimum Gasteiger partial charge on any atom is -0.324 e. The highest BCUT2D eigenvalue weighted by Crippen LogP contribution is 2.22. The first-order valence-electron chi connectivity index (χ1n) is 8.17. The minimum absolute atomic E-state index is 0.0586. The summed E-state index contributed by atoms with van der Waals surface area (Å²) in [7, 11) is -3.21. The molecule has 1 aromatic carbocycles. The Morgan fingerprint density at radius 2 is 1.96 bits per heavy atom. The van der Waals surface area contributed by atoms with E-state index in [1.165, 1.54) is 11.3 Å². The third-order valence-electron chi connectivity index (χ3n) is 4.28. The molecular formula is C17H21N3O3S2. The highest BCUT2D eigenvalue weighted by molar-refractivity contribution is 7.91. The van der Waals surface area contributed by atoms with E-state index in [0.717, 1.165) is 11.3 Å². The van der Waals surface area contributed by atoms with E-state index in [1.807, 2.05) is 42.6 Å². The van der Waals surface area contributed by atoms with Crippen LogP contribution in [0.25, 0.3) is 0 Å². The van der Waals surface area contributed by atoms with Gasteiger partial charge in [-0.1, -0.05) is 30.3 Å². The molecule has 0 atom stereocenters. The lowest BCUT2D eigenvalue weighted by molar-refractivity contribution is 0.200. The molecule has 1 saturated heterocycles. The highest BCUT2D eigenvalue weighted by atomic mass is 32.2. The van der Waals surface area contributed by atoms with E-state index < -0.39 is 9.84 Å². The molecule has 1 aromatic heterocycles. The Bertz CT molecular complexity index is 826. The van der Waals surface area contributed by atoms with Crippen LogP contribution in [-0.2, 0) is 15.6 Å². The Labute approximate surface area is 151 Å². The Kier molecular flexibility index (Phi) is 5.39. The van der Waals surface area contributed by atoms with Gasteiger partial charge in [0.1, 0.15) is 0 Å². The summed E-state index contributed by atoms with van der Waals surface area (Å²) in [5.74, 6) is 0.0586. The monoisotopic (exact) mass is 379 g/mol. The van der Waals surface area contributed by atoms with E-state index in [9.17, 15) is 13.2 Å². The van der Waals surface area contributed by atoms with Gasteiger partial charge in [0.15, 0.2) is 15.0 Å². The summed E-state index contributed by atoms with van der Waals surface area (Å²) in [6, 6.07) is 9.01. The van der Waals surface area contributed by atoms with Crippen molar-refractivity contribution in [3.63, 3.8) is 0 Å². The van der Waals surface area contributed by atoms with E-state index in [4.69, 9.17) is 0 Å². The smallest absolute Gasteiger partial charge is 0.323 e. The summed E-state index contributed by atoms with van der Waals surface area (Å²) in [5, 5.41) is 4.82. The van der Waals surface area contributed by atoms with Crippen LogP contribution in [0.1, 0.15) is 24.1 Å². The summed E-state index contributed by atoms with van der Waals surface area (Å²) in [5.41, 5.74) is 1.67. The van der Waals surface area contributed by atoms with Gasteiger partial charge in [-0.3, -0.25) is 5.32 Å². The highest BCUT2D eigenvalue weighted by Gasteiger charge is 2.31. The SMILES string of the molecule is Cc1csc(NC(=O)N2CCC(S(=O)(=O)Cc3ccccc3)CC2)n1. The molecule has 2 heterocycles. The number of hydrogen-bond donors (Lipinski definition) is 1. The summed E-state index contributed by atoms with van der Waals surface area (Å²) in [6.45, 7) is 2.75. The van der Waals surface area contributed by atoms with Crippen LogP contribution in [0.2, 0.25) is 0 Å². The second-order valence-corrected chi connectivity index (χ2v) is 9.34. The van der Waals surface area contributed by atoms with Crippen molar-refractivity contribution in [2.75, 3.05) is 18.4 Å². The van der Waals surface area contributed by atoms with Gasteiger partial charge in [0.25, 0.3) is 0 Å². The predicted octanol–water partition coefficient (Wildman–Crippen LogP) is 3.06. The number of nitrogens with zero attached hydrogens (tertiary/aromatic N) is 2. The number of aryl methyl sites for hydroxylation is 1. The predicted molar refractivity (Wildman–Crippen MR) is 99.5 cm³/mol. The zero-order valence-electron chi connectivity index (χ0n) is 14.0. The average molecular weight is 380 g/mol. The van der Waals surface area contributed by atoms with Crippen molar-refractivity contribution in [2.45, 2.75) is 30.8 Å². The first-order valence-corrected chi connectivity index (χ1v) is 10.8. The van der Waals surface area contributed by atoms with Crippen molar-refractivity contribution < 1.29 is 13.2 Å². The van der Waals surface area contributed by atoms with Crippen LogP contribution in [-0.4, -0.2) is 42.7 Å². The molecule has 25 heavy (non-hydrogen) atoms. The van der Waals surface area contributed by atoms with Crippen molar-refractivity contribution in [3.05, 3.63) is 47.0 Å². The molecule has 0 spiro atoms. The first kappa shape index (κ1) is 17.9. The third kappa shape index (κ3) is 4.58. The number of rotatable bonds is 4. The summed E-state index contributed by atoms with van der Waals surface area (Å²) >= 11 is 1.38. The topological polar surface area (TPSA) is 79.4 Å². The van der Waals surface area contributed by atoms with Crippen LogP contribution in [0, 0.1) is 6.92 Å². The van der Waals surface area contributed by atoms with Gasteiger partial charge in [-0.15, -0.1) is 11.3 Å². The van der Waals surface area contributed by atoms with Gasteiger partial charge in [-0.2, -0.15) is 0 Å². The van der Waals surface area contributed by atoms with E-state index in [1.54, 1.807) is 4.90 Å². The molecule has 1 aliphatic rings. The van der Waals surface area contributed by atoms with Crippen LogP contribution in [0.3, 0.4) is 0 Å². The number of anilines is 1. The maximum atomic E-state index is 12.6. The van der Waals surface area contributed by atoms with Gasteiger partial charge in [-0.25, -0.2) is 18.2 Å². The quantitative estimate of drug-likeness (QED) is 0.885. The normalized spacial score (nSPS) is 16.0. The fraction of sp³-hybridized carbons (Fsp3) is 0.412. The number of aromatic nitrogens is 1. The molecule has 2 aromatic rings. The molecular weight excluding hydrogens is 358 g/mol. The number of amides is 2. The first-order chi connectivity index (χ1) is 11.9. The standard InChI is InChI=1S/C17H21N3O3S2/c1-13-11-24-16(18-13)19-17(21)20-9-7-15(8-10-20)25(22,23)12-14-5-3-2-4-6-14/h2-6,11,15H,7-10,12H2,1H3,(H,18,19,21). The Balaban J connectivity index is 1.55. The minimum atomic E-state index is -3.21. The lowest BCUT2D eigenvalue weighted by Crippen LogP contribution is -2.44. The van der Waals surface area contributed by atoms with E-state index in [-0.39, 0.29) is 17.0 Å². The lowest BCUT2D eigenvalue weighted by Gasteiger charge is -2.31. The van der Waals surface area contributed by atoms with Gasteiger partial charge in [-0.05, 0) is 25.3 Å². The molecule has 1 fully saturated rings. The van der Waals surface area contributed by atoms with Gasteiger partial charge in [0.2, 0.25) is 0 Å².